The number of hydrogen-bond acceptors (Lipinski definition) is 7. The third kappa shape index (κ3) is 5.78. The minimum absolute atomic E-state index is 0.0608. The Kier molecular flexibility index (Phi) is 7.55. The summed E-state index contributed by atoms with van der Waals surface area (Å²) in [4.78, 5) is 22.3. The van der Waals surface area contributed by atoms with Gasteiger partial charge in [-0.05, 0) is 64.7 Å². The summed E-state index contributed by atoms with van der Waals surface area (Å²) in [6.07, 6.45) is 4.05. The van der Waals surface area contributed by atoms with Crippen LogP contribution in [0, 0.1) is 23.0 Å². The average Bonchev–Trinajstić information content (AvgIpc) is 3.27. The second-order valence-electron chi connectivity index (χ2n) is 12.8. The number of hydrogen-bond donors (Lipinski definition) is 1. The molecule has 2 heterocycles. The number of anilines is 1. The Labute approximate surface area is 243 Å². The first-order valence-electron chi connectivity index (χ1n) is 13.9. The van der Waals surface area contributed by atoms with Crippen molar-refractivity contribution in [2.75, 3.05) is 12.4 Å². The first kappa shape index (κ1) is 29.3. The number of aromatic nitrogens is 4. The van der Waals surface area contributed by atoms with Gasteiger partial charge in [0.1, 0.15) is 40.3 Å². The number of carbonyl (C=O) groups excluding carboxylic acids is 1. The molecule has 41 heavy (non-hydrogen) atoms. The van der Waals surface area contributed by atoms with Gasteiger partial charge in [-0.25, -0.2) is 13.6 Å². The van der Waals surface area contributed by atoms with Gasteiger partial charge in [-0.3, -0.25) is 0 Å². The number of halogens is 3. The Morgan fingerprint density at radius 1 is 1.15 bits per heavy atom. The fraction of sp³-hybridized carbons (Fsp3) is 0.586. The number of fused-ring (bicyclic) bond motifs is 1. The van der Waals surface area contributed by atoms with Crippen molar-refractivity contribution in [1.82, 2.24) is 24.5 Å². The van der Waals surface area contributed by atoms with E-state index in [4.69, 9.17) is 21.1 Å². The van der Waals surface area contributed by atoms with Crippen LogP contribution < -0.4 is 10.1 Å². The van der Waals surface area contributed by atoms with Gasteiger partial charge in [-0.15, -0.1) is 0 Å². The normalized spacial score (nSPS) is 22.8. The molecule has 2 saturated carbocycles. The largest absolute Gasteiger partial charge is 0.490 e. The van der Waals surface area contributed by atoms with Gasteiger partial charge in [-0.2, -0.15) is 19.6 Å². The quantitative estimate of drug-likeness (QED) is 0.305. The second kappa shape index (κ2) is 10.6. The summed E-state index contributed by atoms with van der Waals surface area (Å²) in [5.41, 5.74) is -0.709. The van der Waals surface area contributed by atoms with E-state index in [9.17, 15) is 4.79 Å². The van der Waals surface area contributed by atoms with E-state index in [0.717, 1.165) is 25.7 Å². The molecule has 12 heteroatoms. The fourth-order valence-electron chi connectivity index (χ4n) is 5.62. The number of nitrogens with one attached hydrogen (secondary N) is 1. The van der Waals surface area contributed by atoms with Crippen LogP contribution in [0.3, 0.4) is 0 Å². The third-order valence-electron chi connectivity index (χ3n) is 8.20. The summed E-state index contributed by atoms with van der Waals surface area (Å²) in [5, 5.41) is 7.38. The molecule has 5 rings (SSSR count). The van der Waals surface area contributed by atoms with Crippen molar-refractivity contribution in [2.45, 2.75) is 91.0 Å². The maximum atomic E-state index is 15.6. The summed E-state index contributed by atoms with van der Waals surface area (Å²) in [5.74, 6) is -0.788. The van der Waals surface area contributed by atoms with Crippen LogP contribution in [0.25, 0.3) is 16.9 Å². The Balaban J connectivity index is 1.29. The van der Waals surface area contributed by atoms with Crippen molar-refractivity contribution < 1.29 is 23.0 Å². The SMILES string of the molecule is CC(C)[C@@H](C)Nc1c(-c2c(F)cc(OC3CC4(C3)CC(N(C)C(=O)OC(C)(C)C)C4)cc2F)c(Cl)nc2ncnn12. The first-order valence-corrected chi connectivity index (χ1v) is 14.3. The molecule has 222 valence electrons. The van der Waals surface area contributed by atoms with Crippen LogP contribution >= 0.6 is 11.6 Å². The molecule has 0 saturated heterocycles. The summed E-state index contributed by atoms with van der Waals surface area (Å²) in [6, 6.07) is 2.41. The van der Waals surface area contributed by atoms with Crippen LogP contribution in [0.2, 0.25) is 5.15 Å². The van der Waals surface area contributed by atoms with E-state index in [2.05, 4.69) is 20.4 Å². The lowest BCUT2D eigenvalue weighted by Crippen LogP contribution is -2.59. The maximum absolute atomic E-state index is 15.6. The highest BCUT2D eigenvalue weighted by molar-refractivity contribution is 6.33. The molecule has 2 aliphatic carbocycles. The van der Waals surface area contributed by atoms with Gasteiger partial charge in [-0.1, -0.05) is 25.4 Å². The molecule has 2 fully saturated rings. The predicted molar refractivity (Wildman–Crippen MR) is 152 cm³/mol. The van der Waals surface area contributed by atoms with Crippen molar-refractivity contribution in [3.05, 3.63) is 35.2 Å². The zero-order valence-corrected chi connectivity index (χ0v) is 25.2. The lowest BCUT2D eigenvalue weighted by atomic mass is 9.52. The molecule has 0 aliphatic heterocycles. The Morgan fingerprint density at radius 2 is 1.78 bits per heavy atom. The van der Waals surface area contributed by atoms with Gasteiger partial charge in [0.25, 0.3) is 5.78 Å². The van der Waals surface area contributed by atoms with Gasteiger partial charge < -0.3 is 19.7 Å². The fourth-order valence-corrected chi connectivity index (χ4v) is 5.88. The van der Waals surface area contributed by atoms with Crippen molar-refractivity contribution in [2.24, 2.45) is 11.3 Å². The van der Waals surface area contributed by atoms with E-state index in [1.807, 2.05) is 41.5 Å². The number of carbonyl (C=O) groups is 1. The number of ether oxygens (including phenoxy) is 2. The van der Waals surface area contributed by atoms with Gasteiger partial charge in [0.15, 0.2) is 0 Å². The molecule has 0 radical (unpaired) electrons. The van der Waals surface area contributed by atoms with Gasteiger partial charge in [0.2, 0.25) is 0 Å². The van der Waals surface area contributed by atoms with Crippen LogP contribution in [0.1, 0.15) is 67.2 Å². The summed E-state index contributed by atoms with van der Waals surface area (Å²) < 4.78 is 44.0. The lowest BCUT2D eigenvalue weighted by Gasteiger charge is -2.58. The zero-order chi connectivity index (χ0) is 29.9. The Morgan fingerprint density at radius 3 is 2.37 bits per heavy atom. The molecule has 0 bridgehead atoms. The highest BCUT2D eigenvalue weighted by atomic mass is 35.5. The predicted octanol–water partition coefficient (Wildman–Crippen LogP) is 6.74. The van der Waals surface area contributed by atoms with Gasteiger partial charge in [0, 0.05) is 31.3 Å². The molecule has 3 aromatic rings. The Bertz CT molecular complexity index is 1440. The van der Waals surface area contributed by atoms with Crippen molar-refractivity contribution in [1.29, 1.82) is 0 Å². The van der Waals surface area contributed by atoms with Crippen LogP contribution in [-0.2, 0) is 4.74 Å². The second-order valence-corrected chi connectivity index (χ2v) is 13.2. The van der Waals surface area contributed by atoms with Crippen molar-refractivity contribution in [3.8, 4) is 16.9 Å². The van der Waals surface area contributed by atoms with Crippen LogP contribution in [-0.4, -0.2) is 61.4 Å². The molecule has 1 N–H and O–H groups in total. The highest BCUT2D eigenvalue weighted by Crippen LogP contribution is 2.58. The molecule has 9 nitrogen and oxygen atoms in total. The van der Waals surface area contributed by atoms with Crippen molar-refractivity contribution in [3.63, 3.8) is 0 Å². The van der Waals surface area contributed by atoms with E-state index in [-0.39, 0.29) is 63.4 Å². The smallest absolute Gasteiger partial charge is 0.410 e. The maximum Gasteiger partial charge on any atom is 0.410 e. The first-order chi connectivity index (χ1) is 19.2. The number of benzene rings is 1. The highest BCUT2D eigenvalue weighted by Gasteiger charge is 2.55. The summed E-state index contributed by atoms with van der Waals surface area (Å²) in [7, 11) is 1.76. The van der Waals surface area contributed by atoms with Crippen LogP contribution in [0.15, 0.2) is 18.5 Å². The monoisotopic (exact) mass is 590 g/mol. The number of rotatable bonds is 7. The third-order valence-corrected chi connectivity index (χ3v) is 8.48. The zero-order valence-electron chi connectivity index (χ0n) is 24.5. The molecule has 0 unspecified atom stereocenters. The van der Waals surface area contributed by atoms with Crippen LogP contribution in [0.4, 0.5) is 19.4 Å². The minimum atomic E-state index is -0.819. The van der Waals surface area contributed by atoms with Crippen LogP contribution in [0.5, 0.6) is 5.75 Å². The van der Waals surface area contributed by atoms with E-state index in [0.29, 0.717) is 5.82 Å². The van der Waals surface area contributed by atoms with Crippen molar-refractivity contribution >= 4 is 29.3 Å². The standard InChI is InChI=1S/C29H37ClF2N6O3/c1-15(2)16(3)35-25-23(24(30)36-26-33-14-34-38(25)26)22-20(31)8-18(9-21(22)32)40-19-12-29(13-19)10-17(11-29)37(7)27(39)41-28(4,5)6/h8-9,14-17,19,35H,10-13H2,1-7H3/t16-,17?,19?,29?/m1/s1. The van der Waals surface area contributed by atoms with Gasteiger partial charge >= 0.3 is 6.09 Å². The van der Waals surface area contributed by atoms with E-state index < -0.39 is 17.2 Å². The molecule has 2 aromatic heterocycles. The summed E-state index contributed by atoms with van der Waals surface area (Å²) >= 11 is 6.47. The number of nitrogens with zero attached hydrogens (tertiary/aromatic N) is 5. The van der Waals surface area contributed by atoms with E-state index in [1.54, 1.807) is 11.9 Å². The number of amides is 1. The summed E-state index contributed by atoms with van der Waals surface area (Å²) in [6.45, 7) is 11.5. The minimum Gasteiger partial charge on any atom is -0.490 e. The average molecular weight is 591 g/mol. The topological polar surface area (TPSA) is 93.9 Å². The molecule has 1 spiro atoms. The molecule has 1 amide bonds. The molecule has 1 atom stereocenters. The Hall–Kier alpha value is -3.21. The van der Waals surface area contributed by atoms with E-state index >= 15 is 8.78 Å². The lowest BCUT2D eigenvalue weighted by molar-refractivity contribution is -0.108. The van der Waals surface area contributed by atoms with E-state index in [1.165, 1.54) is 23.0 Å². The molecule has 2 aliphatic rings. The molecular weight excluding hydrogens is 554 g/mol. The molecule has 1 aromatic carbocycles. The molecular formula is C29H37ClF2N6O3. The van der Waals surface area contributed by atoms with Gasteiger partial charge in [0.05, 0.1) is 17.2 Å².